The van der Waals surface area contributed by atoms with Crippen molar-refractivity contribution in [1.29, 1.82) is 0 Å². The second-order valence-corrected chi connectivity index (χ2v) is 18.3. The first-order valence-corrected chi connectivity index (χ1v) is 20.6. The molecule has 16 nitrogen and oxygen atoms in total. The van der Waals surface area contributed by atoms with E-state index in [1.165, 1.54) is 27.3 Å². The molecule has 1 aromatic carbocycles. The number of hydrogen-bond acceptors (Lipinski definition) is 12. The predicted octanol–water partition coefficient (Wildman–Crippen LogP) is 4.16. The number of pyridine rings is 1. The van der Waals surface area contributed by atoms with Crippen molar-refractivity contribution in [3.05, 3.63) is 36.5 Å². The van der Waals surface area contributed by atoms with Gasteiger partial charge >= 0.3 is 12.3 Å². The largest absolute Gasteiger partial charge is 0.497 e. The molecular weight excluding hydrogens is 804 g/mol. The number of carbonyl (C=O) groups is 4. The van der Waals surface area contributed by atoms with E-state index in [0.717, 1.165) is 4.90 Å². The van der Waals surface area contributed by atoms with Crippen molar-refractivity contribution in [1.82, 2.24) is 25.2 Å². The zero-order valence-corrected chi connectivity index (χ0v) is 35.0. The zero-order chi connectivity index (χ0) is 43.7. The molecule has 59 heavy (non-hydrogen) atoms. The highest BCUT2D eigenvalue weighted by atomic mass is 32.2. The second-order valence-electron chi connectivity index (χ2n) is 16.1. The number of carbonyl (C=O) groups excluding carboxylic acids is 4. The molecule has 2 aromatic rings. The lowest BCUT2D eigenvalue weighted by atomic mass is 10.0. The van der Waals surface area contributed by atoms with Crippen molar-refractivity contribution in [3.63, 3.8) is 0 Å². The fourth-order valence-corrected chi connectivity index (χ4v) is 8.02. The maximum absolute atomic E-state index is 14.4. The Hall–Kier alpha value is -4.85. The molecule has 1 aliphatic heterocycles. The van der Waals surface area contributed by atoms with Gasteiger partial charge in [0.25, 0.3) is 5.91 Å². The lowest BCUT2D eigenvalue weighted by molar-refractivity contribution is -0.244. The summed E-state index contributed by atoms with van der Waals surface area (Å²) in [4.78, 5) is 61.0. The molecule has 0 bridgehead atoms. The van der Waals surface area contributed by atoms with Gasteiger partial charge in [0.2, 0.25) is 33.3 Å². The Balaban J connectivity index is 1.47. The van der Waals surface area contributed by atoms with E-state index in [1.807, 2.05) is 0 Å². The molecule has 0 unspecified atom stereocenters. The highest BCUT2D eigenvalue weighted by Crippen LogP contribution is 2.47. The smallest absolute Gasteiger partial charge is 0.427 e. The minimum absolute atomic E-state index is 0.0664. The van der Waals surface area contributed by atoms with E-state index in [4.69, 9.17) is 18.9 Å². The van der Waals surface area contributed by atoms with Crippen LogP contribution in [0.4, 0.5) is 18.0 Å². The summed E-state index contributed by atoms with van der Waals surface area (Å²) in [6, 6.07) is 2.25. The van der Waals surface area contributed by atoms with Crippen molar-refractivity contribution in [2.24, 2.45) is 11.8 Å². The van der Waals surface area contributed by atoms with Gasteiger partial charge in [-0.1, -0.05) is 26.0 Å². The number of fused-ring (bicyclic) bond motifs is 1. The average Bonchev–Trinajstić information content (AvgIpc) is 4.03. The molecule has 2 heterocycles. The number of hydrogen-bond donors (Lipinski definition) is 3. The molecule has 0 radical (unpaired) electrons. The quantitative estimate of drug-likeness (QED) is 0.152. The zero-order valence-electron chi connectivity index (χ0n) is 34.2. The van der Waals surface area contributed by atoms with Crippen LogP contribution in [0.3, 0.4) is 0 Å². The Morgan fingerprint density at radius 3 is 2.37 bits per heavy atom. The molecule has 1 saturated heterocycles. The van der Waals surface area contributed by atoms with Crippen molar-refractivity contribution in [3.8, 4) is 17.4 Å². The Kier molecular flexibility index (Phi) is 13.1. The van der Waals surface area contributed by atoms with Gasteiger partial charge in [0.15, 0.2) is 0 Å². The Bertz CT molecular complexity index is 2080. The standard InChI is InChI=1S/C39H52F3N5O11S/c1-9-10-23-19-38(23,34(50)46-59(52,53)37(6)13-14-37)45-31(48)28-18-25(21-47(28)33(49)30(22(2)3)44-35(51)58-36(4,5)39(40,41)42)57-32-26-12-11-24(55-8)17-27(26)29(20-43-32)56-16-15-54-7/h9-12,17,20,22-23,25,28,30H,13-16,18-19,21H2,1-8H3,(H,44,51)(H,45,48)(H,46,50)/b10-9-/t23-,25-,28+,30+,38-/m1/s1. The molecular formula is C39H52F3N5O11S. The first kappa shape index (κ1) is 45.2. The van der Waals surface area contributed by atoms with E-state index >= 15 is 0 Å². The first-order chi connectivity index (χ1) is 27.5. The summed E-state index contributed by atoms with van der Waals surface area (Å²) in [5, 5.41) is 6.04. The predicted molar refractivity (Wildman–Crippen MR) is 207 cm³/mol. The van der Waals surface area contributed by atoms with Gasteiger partial charge in [-0.15, -0.1) is 0 Å². The number of sulfonamides is 1. The van der Waals surface area contributed by atoms with Gasteiger partial charge in [0.05, 0.1) is 31.2 Å². The molecule has 4 amide bonds. The lowest BCUT2D eigenvalue weighted by Gasteiger charge is -2.32. The summed E-state index contributed by atoms with van der Waals surface area (Å²) in [6.45, 7) is 7.89. The number of allylic oxidation sites excluding steroid dienone is 1. The van der Waals surface area contributed by atoms with Gasteiger partial charge in [-0.2, -0.15) is 13.2 Å². The van der Waals surface area contributed by atoms with Crippen molar-refractivity contribution >= 4 is 44.6 Å². The van der Waals surface area contributed by atoms with Crippen molar-refractivity contribution < 1.29 is 64.5 Å². The Morgan fingerprint density at radius 2 is 1.78 bits per heavy atom. The number of nitrogens with one attached hydrogen (secondary N) is 3. The molecule has 3 aliphatic rings. The van der Waals surface area contributed by atoms with Crippen LogP contribution in [0, 0.1) is 11.8 Å². The van der Waals surface area contributed by atoms with Crippen LogP contribution in [0.15, 0.2) is 36.5 Å². The highest BCUT2D eigenvalue weighted by molar-refractivity contribution is 7.91. The van der Waals surface area contributed by atoms with Crippen LogP contribution in [-0.4, -0.2) is 116 Å². The minimum atomic E-state index is -4.92. The molecule has 0 spiro atoms. The summed E-state index contributed by atoms with van der Waals surface area (Å²) in [7, 11) is -1.06. The van der Waals surface area contributed by atoms with E-state index in [9.17, 15) is 40.8 Å². The van der Waals surface area contributed by atoms with Crippen LogP contribution in [0.25, 0.3) is 10.8 Å². The highest BCUT2D eigenvalue weighted by Gasteiger charge is 2.63. The number of rotatable bonds is 17. The van der Waals surface area contributed by atoms with E-state index in [1.54, 1.807) is 51.1 Å². The molecule has 3 N–H and O–H groups in total. The molecule has 20 heteroatoms. The fraction of sp³-hybridized carbons (Fsp3) is 0.615. The number of aromatic nitrogens is 1. The minimum Gasteiger partial charge on any atom is -0.497 e. The van der Waals surface area contributed by atoms with Gasteiger partial charge in [-0.25, -0.2) is 18.2 Å². The van der Waals surface area contributed by atoms with E-state index in [0.29, 0.717) is 55.6 Å². The monoisotopic (exact) mass is 855 g/mol. The summed E-state index contributed by atoms with van der Waals surface area (Å²) in [6.07, 6.45) is -1.97. The van der Waals surface area contributed by atoms with Gasteiger partial charge in [0, 0.05) is 30.2 Å². The first-order valence-electron chi connectivity index (χ1n) is 19.2. The number of ether oxygens (including phenoxy) is 5. The van der Waals surface area contributed by atoms with E-state index in [-0.39, 0.29) is 31.9 Å². The number of halogens is 3. The van der Waals surface area contributed by atoms with Crippen LogP contribution < -0.4 is 29.6 Å². The third-order valence-electron chi connectivity index (χ3n) is 11.0. The van der Waals surface area contributed by atoms with Gasteiger partial charge in [0.1, 0.15) is 41.8 Å². The fourth-order valence-electron chi connectivity index (χ4n) is 6.71. The van der Waals surface area contributed by atoms with Gasteiger partial charge in [-0.05, 0) is 71.1 Å². The lowest BCUT2D eigenvalue weighted by Crippen LogP contribution is -2.59. The molecule has 3 fully saturated rings. The summed E-state index contributed by atoms with van der Waals surface area (Å²) in [5.74, 6) is -2.87. The molecule has 2 aliphatic carbocycles. The maximum Gasteiger partial charge on any atom is 0.427 e. The molecule has 5 rings (SSSR count). The second kappa shape index (κ2) is 17.0. The van der Waals surface area contributed by atoms with Crippen molar-refractivity contribution in [2.45, 2.75) is 107 Å². The van der Waals surface area contributed by atoms with Gasteiger partial charge in [-0.3, -0.25) is 19.1 Å². The number of alkyl halides is 3. The number of nitrogens with zero attached hydrogens (tertiary/aromatic N) is 2. The topological polar surface area (TPSA) is 201 Å². The third-order valence-corrected chi connectivity index (χ3v) is 13.1. The van der Waals surface area contributed by atoms with Crippen LogP contribution in [0.2, 0.25) is 0 Å². The SMILES string of the molecule is C/C=C\[C@@H]1C[C@]1(NC(=O)[C@@H]1C[C@@H](Oc2ncc(OCCOC)c3cc(OC)ccc23)CN1C(=O)[C@@H](NC(=O)OC(C)(C)C(F)(F)F)C(C)C)C(=O)NS(=O)(=O)C1(C)CC1. The molecule has 1 aromatic heterocycles. The number of amides is 4. The van der Waals surface area contributed by atoms with Crippen LogP contribution in [0.1, 0.15) is 67.2 Å². The van der Waals surface area contributed by atoms with Crippen LogP contribution in [0.5, 0.6) is 17.4 Å². The molecule has 5 atom stereocenters. The average molecular weight is 856 g/mol. The summed E-state index contributed by atoms with van der Waals surface area (Å²) >= 11 is 0. The number of alkyl carbamates (subject to hydrolysis) is 1. The number of likely N-dealkylation sites (tertiary alicyclic amines) is 1. The maximum atomic E-state index is 14.4. The summed E-state index contributed by atoms with van der Waals surface area (Å²) in [5.41, 5.74) is -4.57. The summed E-state index contributed by atoms with van der Waals surface area (Å²) < 4.78 is 95.4. The van der Waals surface area contributed by atoms with E-state index in [2.05, 4.69) is 25.1 Å². The Labute approximate surface area is 340 Å². The van der Waals surface area contributed by atoms with Gasteiger partial charge < -0.3 is 39.2 Å². The number of benzene rings is 1. The Morgan fingerprint density at radius 1 is 1.08 bits per heavy atom. The molecule has 326 valence electrons. The van der Waals surface area contributed by atoms with E-state index < -0.39 is 85.9 Å². The van der Waals surface area contributed by atoms with Crippen LogP contribution in [-0.2, 0) is 33.9 Å². The normalized spacial score (nSPS) is 23.1. The molecule has 2 saturated carbocycles. The number of methoxy groups -OCH3 is 2. The third kappa shape index (κ3) is 9.63. The van der Waals surface area contributed by atoms with Crippen LogP contribution >= 0.6 is 0 Å². The van der Waals surface area contributed by atoms with Crippen molar-refractivity contribution in [2.75, 3.05) is 34.0 Å².